The van der Waals surface area contributed by atoms with Crippen molar-refractivity contribution in [3.05, 3.63) is 51.2 Å². The van der Waals surface area contributed by atoms with Gasteiger partial charge in [0.05, 0.1) is 18.2 Å². The highest BCUT2D eigenvalue weighted by Crippen LogP contribution is 2.37. The van der Waals surface area contributed by atoms with Crippen LogP contribution < -0.4 is 16.0 Å². The molecule has 1 aromatic carbocycles. The lowest BCUT2D eigenvalue weighted by Gasteiger charge is -2.16. The first-order valence-corrected chi connectivity index (χ1v) is 8.07. The van der Waals surface area contributed by atoms with Gasteiger partial charge >= 0.3 is 0 Å². The summed E-state index contributed by atoms with van der Waals surface area (Å²) in [6.45, 7) is 0. The Kier molecular flexibility index (Phi) is 3.96. The zero-order valence-corrected chi connectivity index (χ0v) is 13.1. The van der Waals surface area contributed by atoms with Crippen LogP contribution in [0.25, 0.3) is 9.40 Å². The van der Waals surface area contributed by atoms with E-state index in [1.807, 2.05) is 18.2 Å². The minimum Gasteiger partial charge on any atom is -0.495 e. The largest absolute Gasteiger partial charge is 0.495 e. The van der Waals surface area contributed by atoms with E-state index >= 15 is 0 Å². The van der Waals surface area contributed by atoms with Crippen molar-refractivity contribution in [2.24, 2.45) is 5.84 Å². The first kappa shape index (κ1) is 13.9. The molecule has 0 bridgehead atoms. The third-order valence-electron chi connectivity index (χ3n) is 3.12. The van der Waals surface area contributed by atoms with Crippen LogP contribution in [0.1, 0.15) is 16.5 Å². The fourth-order valence-corrected chi connectivity index (χ4v) is 4.53. The molecule has 0 aliphatic heterocycles. The molecule has 2 heterocycles. The van der Waals surface area contributed by atoms with Crippen LogP contribution in [0.3, 0.4) is 0 Å². The molecule has 0 amide bonds. The van der Waals surface area contributed by atoms with Crippen molar-refractivity contribution in [1.29, 1.82) is 0 Å². The zero-order valence-electron chi connectivity index (χ0n) is 10.7. The van der Waals surface area contributed by atoms with Gasteiger partial charge in [-0.3, -0.25) is 5.84 Å². The summed E-state index contributed by atoms with van der Waals surface area (Å²) in [4.78, 5) is 1.18. The summed E-state index contributed by atoms with van der Waals surface area (Å²) in [7, 11) is 1.61. The van der Waals surface area contributed by atoms with Crippen LogP contribution in [0, 0.1) is 0 Å². The Morgan fingerprint density at radius 2 is 2.10 bits per heavy atom. The quantitative estimate of drug-likeness (QED) is 0.559. The van der Waals surface area contributed by atoms with Gasteiger partial charge in [0.25, 0.3) is 0 Å². The molecule has 0 aliphatic carbocycles. The van der Waals surface area contributed by atoms with Gasteiger partial charge in [0, 0.05) is 14.3 Å². The number of hydrogen-bond acceptors (Lipinski definition) is 5. The number of rotatable bonds is 4. The molecule has 1 unspecified atom stereocenters. The molecule has 0 saturated heterocycles. The zero-order chi connectivity index (χ0) is 14.1. The Balaban J connectivity index is 2.02. The second-order valence-corrected chi connectivity index (χ2v) is 6.76. The molecule has 3 nitrogen and oxygen atoms in total. The van der Waals surface area contributed by atoms with Crippen LogP contribution in [0.5, 0.6) is 5.75 Å². The predicted molar refractivity (Wildman–Crippen MR) is 86.9 cm³/mol. The first-order valence-electron chi connectivity index (χ1n) is 5.99. The van der Waals surface area contributed by atoms with Crippen LogP contribution >= 0.6 is 34.3 Å². The second-order valence-electron chi connectivity index (χ2n) is 4.29. The van der Waals surface area contributed by atoms with Crippen molar-refractivity contribution >= 4 is 43.7 Å². The fourth-order valence-electron chi connectivity index (χ4n) is 2.13. The minimum atomic E-state index is -0.0641. The van der Waals surface area contributed by atoms with E-state index in [9.17, 15) is 0 Å². The van der Waals surface area contributed by atoms with Gasteiger partial charge in [0.1, 0.15) is 5.75 Å². The molecule has 3 N–H and O–H groups in total. The molecule has 1 atom stereocenters. The molecule has 0 fully saturated rings. The topological polar surface area (TPSA) is 47.3 Å². The normalized spacial score (nSPS) is 12.8. The fraction of sp³-hybridized carbons (Fsp3) is 0.143. The van der Waals surface area contributed by atoms with Crippen molar-refractivity contribution in [1.82, 2.24) is 5.43 Å². The van der Waals surface area contributed by atoms with Gasteiger partial charge in [-0.15, -0.1) is 22.7 Å². The molecule has 6 heteroatoms. The number of methoxy groups -OCH3 is 1. The van der Waals surface area contributed by atoms with E-state index in [2.05, 4.69) is 22.9 Å². The van der Waals surface area contributed by atoms with Crippen molar-refractivity contribution < 1.29 is 4.74 Å². The van der Waals surface area contributed by atoms with E-state index in [1.54, 1.807) is 29.8 Å². The first-order chi connectivity index (χ1) is 9.72. The van der Waals surface area contributed by atoms with Gasteiger partial charge in [-0.1, -0.05) is 17.7 Å². The van der Waals surface area contributed by atoms with Gasteiger partial charge < -0.3 is 4.74 Å². The van der Waals surface area contributed by atoms with Crippen molar-refractivity contribution in [3.63, 3.8) is 0 Å². The van der Waals surface area contributed by atoms with Crippen LogP contribution in [-0.2, 0) is 0 Å². The van der Waals surface area contributed by atoms with Gasteiger partial charge in [-0.25, -0.2) is 5.43 Å². The minimum absolute atomic E-state index is 0.0641. The van der Waals surface area contributed by atoms with Crippen molar-refractivity contribution in [2.75, 3.05) is 7.11 Å². The highest BCUT2D eigenvalue weighted by Gasteiger charge is 2.17. The number of hydrogen-bond donors (Lipinski definition) is 2. The van der Waals surface area contributed by atoms with E-state index in [0.29, 0.717) is 10.8 Å². The summed E-state index contributed by atoms with van der Waals surface area (Å²) in [6.07, 6.45) is 0. The predicted octanol–water partition coefficient (Wildman–Crippen LogP) is 4.18. The standard InChI is InChI=1S/C14H13ClN2OS2/c1-18-10-6-8(2-3-9(10)15)14(17-16)13-7-12-11(20-13)4-5-19-12/h2-7,14,17H,16H2,1H3. The van der Waals surface area contributed by atoms with Crippen LogP contribution in [0.15, 0.2) is 35.7 Å². The van der Waals surface area contributed by atoms with Crippen LogP contribution in [0.2, 0.25) is 5.02 Å². The lowest BCUT2D eigenvalue weighted by molar-refractivity contribution is 0.414. The average Bonchev–Trinajstić information content (AvgIpc) is 3.02. The smallest absolute Gasteiger partial charge is 0.137 e. The maximum Gasteiger partial charge on any atom is 0.137 e. The lowest BCUT2D eigenvalue weighted by atomic mass is 10.1. The number of thiophene rings is 2. The van der Waals surface area contributed by atoms with Gasteiger partial charge in [-0.2, -0.15) is 0 Å². The van der Waals surface area contributed by atoms with Crippen molar-refractivity contribution in [3.8, 4) is 5.75 Å². The number of benzene rings is 1. The van der Waals surface area contributed by atoms with E-state index in [4.69, 9.17) is 22.2 Å². The Morgan fingerprint density at radius 3 is 2.80 bits per heavy atom. The molecule has 0 saturated carbocycles. The monoisotopic (exact) mass is 324 g/mol. The molecular weight excluding hydrogens is 312 g/mol. The summed E-state index contributed by atoms with van der Waals surface area (Å²) < 4.78 is 7.83. The third kappa shape index (κ3) is 2.43. The van der Waals surface area contributed by atoms with Gasteiger partial charge in [0.15, 0.2) is 0 Å². The second kappa shape index (κ2) is 5.71. The SMILES string of the molecule is COc1cc(C(NN)c2cc3sccc3s2)ccc1Cl. The summed E-state index contributed by atoms with van der Waals surface area (Å²) in [5.41, 5.74) is 3.90. The molecule has 0 radical (unpaired) electrons. The molecule has 3 aromatic rings. The van der Waals surface area contributed by atoms with E-state index in [0.717, 1.165) is 5.56 Å². The Morgan fingerprint density at radius 1 is 1.25 bits per heavy atom. The average molecular weight is 325 g/mol. The lowest BCUT2D eigenvalue weighted by Crippen LogP contribution is -2.28. The van der Waals surface area contributed by atoms with Crippen LogP contribution in [0.4, 0.5) is 0 Å². The van der Waals surface area contributed by atoms with Crippen LogP contribution in [-0.4, -0.2) is 7.11 Å². The van der Waals surface area contributed by atoms with Crippen molar-refractivity contribution in [2.45, 2.75) is 6.04 Å². The van der Waals surface area contributed by atoms with E-state index in [-0.39, 0.29) is 6.04 Å². The molecule has 104 valence electrons. The van der Waals surface area contributed by atoms with E-state index < -0.39 is 0 Å². The highest BCUT2D eigenvalue weighted by atomic mass is 35.5. The number of hydrazine groups is 1. The van der Waals surface area contributed by atoms with Gasteiger partial charge in [-0.05, 0) is 35.2 Å². The summed E-state index contributed by atoms with van der Waals surface area (Å²) >= 11 is 9.55. The Bertz CT molecular complexity index is 709. The molecule has 0 aliphatic rings. The molecule has 20 heavy (non-hydrogen) atoms. The molecule has 2 aromatic heterocycles. The number of nitrogens with one attached hydrogen (secondary N) is 1. The number of ether oxygens (including phenoxy) is 1. The summed E-state index contributed by atoms with van der Waals surface area (Å²) in [5.74, 6) is 6.40. The number of halogens is 1. The molecule has 0 spiro atoms. The third-order valence-corrected chi connectivity index (χ3v) is 5.59. The highest BCUT2D eigenvalue weighted by molar-refractivity contribution is 7.27. The molecule has 3 rings (SSSR count). The maximum atomic E-state index is 6.06. The Labute approximate surface area is 129 Å². The van der Waals surface area contributed by atoms with Gasteiger partial charge in [0.2, 0.25) is 0 Å². The maximum absolute atomic E-state index is 6.06. The Hall–Kier alpha value is -1.11. The number of nitrogens with two attached hydrogens (primary N) is 1. The number of fused-ring (bicyclic) bond motifs is 1. The summed E-state index contributed by atoms with van der Waals surface area (Å²) in [6, 6.07) is 9.95. The molecular formula is C14H13ClN2OS2. The summed E-state index contributed by atoms with van der Waals surface area (Å²) in [5, 5.41) is 2.69. The van der Waals surface area contributed by atoms with E-state index in [1.165, 1.54) is 14.3 Å².